The SMILES string of the molecule is CC(O)CCN(C)C(C)C(=O)Nc1ccc2[nH]c(=O)[nH]c2c1. The molecule has 1 aromatic heterocycles. The molecule has 0 saturated carbocycles. The number of aliphatic hydroxyl groups is 1. The van der Waals surface area contributed by atoms with Gasteiger partial charge in [-0.25, -0.2) is 4.79 Å². The van der Waals surface area contributed by atoms with Gasteiger partial charge in [0.1, 0.15) is 0 Å². The Labute approximate surface area is 128 Å². The number of rotatable bonds is 6. The van der Waals surface area contributed by atoms with Crippen LogP contribution in [0.1, 0.15) is 20.3 Å². The van der Waals surface area contributed by atoms with Crippen LogP contribution in [-0.2, 0) is 4.79 Å². The van der Waals surface area contributed by atoms with Crippen LogP contribution < -0.4 is 11.0 Å². The number of carbonyl (C=O) groups excluding carboxylic acids is 1. The van der Waals surface area contributed by atoms with Gasteiger partial charge in [-0.15, -0.1) is 0 Å². The number of anilines is 1. The maximum Gasteiger partial charge on any atom is 0.323 e. The van der Waals surface area contributed by atoms with Crippen LogP contribution in [-0.4, -0.2) is 51.6 Å². The van der Waals surface area contributed by atoms with E-state index in [4.69, 9.17) is 0 Å². The molecule has 7 nitrogen and oxygen atoms in total. The topological polar surface area (TPSA) is 101 Å². The minimum Gasteiger partial charge on any atom is -0.393 e. The number of amides is 1. The standard InChI is InChI=1S/C15H22N4O3/c1-9(20)6-7-19(3)10(2)14(21)16-11-4-5-12-13(8-11)18-15(22)17-12/h4-5,8-10,20H,6-7H2,1-3H3,(H,16,21)(H2,17,18,22). The number of aromatic nitrogens is 2. The zero-order chi connectivity index (χ0) is 16.3. The van der Waals surface area contributed by atoms with Gasteiger partial charge in [0.05, 0.1) is 23.2 Å². The van der Waals surface area contributed by atoms with Gasteiger partial charge in [0.15, 0.2) is 0 Å². The number of likely N-dealkylation sites (N-methyl/N-ethyl adjacent to an activating group) is 1. The van der Waals surface area contributed by atoms with E-state index in [1.807, 2.05) is 18.9 Å². The van der Waals surface area contributed by atoms with Gasteiger partial charge in [0, 0.05) is 12.2 Å². The monoisotopic (exact) mass is 306 g/mol. The number of aromatic amines is 2. The zero-order valence-electron chi connectivity index (χ0n) is 13.0. The number of imidazole rings is 1. The molecule has 120 valence electrons. The van der Waals surface area contributed by atoms with Crippen molar-refractivity contribution in [3.63, 3.8) is 0 Å². The van der Waals surface area contributed by atoms with Gasteiger partial charge in [0.25, 0.3) is 0 Å². The fourth-order valence-electron chi connectivity index (χ4n) is 2.14. The first-order valence-corrected chi connectivity index (χ1v) is 7.28. The molecule has 1 aromatic carbocycles. The number of benzene rings is 1. The number of carbonyl (C=O) groups is 1. The molecule has 0 aliphatic heterocycles. The highest BCUT2D eigenvalue weighted by Gasteiger charge is 2.18. The summed E-state index contributed by atoms with van der Waals surface area (Å²) in [5, 5.41) is 12.1. The Morgan fingerprint density at radius 2 is 2.00 bits per heavy atom. The summed E-state index contributed by atoms with van der Waals surface area (Å²) in [5.41, 5.74) is 1.70. The van der Waals surface area contributed by atoms with Crippen molar-refractivity contribution >= 4 is 22.6 Å². The molecule has 4 N–H and O–H groups in total. The molecule has 0 aliphatic rings. The van der Waals surface area contributed by atoms with Crippen LogP contribution in [0.4, 0.5) is 5.69 Å². The second-order valence-corrected chi connectivity index (χ2v) is 5.62. The van der Waals surface area contributed by atoms with Gasteiger partial charge >= 0.3 is 5.69 Å². The molecule has 1 amide bonds. The molecule has 0 saturated heterocycles. The van der Waals surface area contributed by atoms with E-state index in [-0.39, 0.29) is 23.7 Å². The van der Waals surface area contributed by atoms with Crippen LogP contribution in [0.5, 0.6) is 0 Å². The van der Waals surface area contributed by atoms with E-state index in [1.54, 1.807) is 25.1 Å². The number of nitrogens with one attached hydrogen (secondary N) is 3. The van der Waals surface area contributed by atoms with E-state index in [2.05, 4.69) is 15.3 Å². The molecule has 2 aromatic rings. The van der Waals surface area contributed by atoms with Gasteiger partial charge in [-0.2, -0.15) is 0 Å². The fourth-order valence-corrected chi connectivity index (χ4v) is 2.14. The highest BCUT2D eigenvalue weighted by molar-refractivity contribution is 5.96. The van der Waals surface area contributed by atoms with Crippen LogP contribution in [0.2, 0.25) is 0 Å². The molecule has 0 spiro atoms. The Kier molecular flexibility index (Phi) is 4.99. The molecule has 1 heterocycles. The first-order valence-electron chi connectivity index (χ1n) is 7.28. The lowest BCUT2D eigenvalue weighted by molar-refractivity contribution is -0.120. The van der Waals surface area contributed by atoms with Gasteiger partial charge in [-0.1, -0.05) is 0 Å². The summed E-state index contributed by atoms with van der Waals surface area (Å²) >= 11 is 0. The third kappa shape index (κ3) is 3.96. The predicted octanol–water partition coefficient (Wildman–Crippen LogP) is 0.886. The molecule has 0 bridgehead atoms. The molecule has 2 atom stereocenters. The van der Waals surface area contributed by atoms with Crippen LogP contribution in [0.3, 0.4) is 0 Å². The van der Waals surface area contributed by atoms with Crippen molar-refractivity contribution in [3.05, 3.63) is 28.7 Å². The Morgan fingerprint density at radius 3 is 2.68 bits per heavy atom. The van der Waals surface area contributed by atoms with Crippen molar-refractivity contribution in [2.75, 3.05) is 18.9 Å². The molecule has 7 heteroatoms. The average molecular weight is 306 g/mol. The van der Waals surface area contributed by atoms with Crippen LogP contribution in [0.25, 0.3) is 11.0 Å². The summed E-state index contributed by atoms with van der Waals surface area (Å²) in [6.45, 7) is 4.18. The van der Waals surface area contributed by atoms with Crippen LogP contribution in [0, 0.1) is 0 Å². The Morgan fingerprint density at radius 1 is 1.32 bits per heavy atom. The summed E-state index contributed by atoms with van der Waals surface area (Å²) in [4.78, 5) is 30.7. The van der Waals surface area contributed by atoms with Crippen molar-refractivity contribution in [3.8, 4) is 0 Å². The lowest BCUT2D eigenvalue weighted by Gasteiger charge is -2.24. The number of hydrogen-bond acceptors (Lipinski definition) is 4. The Bertz CT molecular complexity index is 704. The minimum atomic E-state index is -0.384. The van der Waals surface area contributed by atoms with E-state index < -0.39 is 0 Å². The molecule has 0 aliphatic carbocycles. The predicted molar refractivity (Wildman–Crippen MR) is 85.9 cm³/mol. The van der Waals surface area contributed by atoms with E-state index in [9.17, 15) is 14.7 Å². The summed E-state index contributed by atoms with van der Waals surface area (Å²) < 4.78 is 0. The lowest BCUT2D eigenvalue weighted by Crippen LogP contribution is -2.40. The van der Waals surface area contributed by atoms with Gasteiger partial charge < -0.3 is 20.4 Å². The van der Waals surface area contributed by atoms with Crippen molar-refractivity contribution in [2.24, 2.45) is 0 Å². The zero-order valence-corrected chi connectivity index (χ0v) is 13.0. The average Bonchev–Trinajstić information content (AvgIpc) is 2.83. The fraction of sp³-hybridized carbons (Fsp3) is 0.467. The maximum atomic E-state index is 12.2. The lowest BCUT2D eigenvalue weighted by atomic mass is 10.2. The van der Waals surface area contributed by atoms with Crippen molar-refractivity contribution < 1.29 is 9.90 Å². The summed E-state index contributed by atoms with van der Waals surface area (Å²) in [6, 6.07) is 4.88. The van der Waals surface area contributed by atoms with E-state index in [0.29, 0.717) is 29.7 Å². The summed E-state index contributed by atoms with van der Waals surface area (Å²) in [7, 11) is 1.85. The first-order chi connectivity index (χ1) is 10.4. The first kappa shape index (κ1) is 16.3. The molecule has 22 heavy (non-hydrogen) atoms. The second-order valence-electron chi connectivity index (χ2n) is 5.62. The van der Waals surface area contributed by atoms with Crippen molar-refractivity contribution in [1.82, 2.24) is 14.9 Å². The molecule has 0 fully saturated rings. The molecular weight excluding hydrogens is 284 g/mol. The summed E-state index contributed by atoms with van der Waals surface area (Å²) in [5.74, 6) is -0.134. The number of hydrogen-bond donors (Lipinski definition) is 4. The molecule has 2 rings (SSSR count). The molecular formula is C15H22N4O3. The van der Waals surface area contributed by atoms with Gasteiger partial charge in [-0.3, -0.25) is 9.69 Å². The van der Waals surface area contributed by atoms with Crippen molar-refractivity contribution in [2.45, 2.75) is 32.4 Å². The molecule has 0 radical (unpaired) electrons. The van der Waals surface area contributed by atoms with E-state index in [1.165, 1.54) is 0 Å². The third-order valence-electron chi connectivity index (χ3n) is 3.72. The largest absolute Gasteiger partial charge is 0.393 e. The van der Waals surface area contributed by atoms with Gasteiger partial charge in [-0.05, 0) is 45.5 Å². The third-order valence-corrected chi connectivity index (χ3v) is 3.72. The minimum absolute atomic E-state index is 0.134. The van der Waals surface area contributed by atoms with Gasteiger partial charge in [0.2, 0.25) is 5.91 Å². The highest BCUT2D eigenvalue weighted by atomic mass is 16.3. The van der Waals surface area contributed by atoms with E-state index in [0.717, 1.165) is 0 Å². The summed E-state index contributed by atoms with van der Waals surface area (Å²) in [6.07, 6.45) is 0.232. The maximum absolute atomic E-state index is 12.2. The highest BCUT2D eigenvalue weighted by Crippen LogP contribution is 2.15. The van der Waals surface area contributed by atoms with E-state index >= 15 is 0 Å². The molecule has 2 unspecified atom stereocenters. The number of H-pyrrole nitrogens is 2. The second kappa shape index (κ2) is 6.76. The Balaban J connectivity index is 2.01. The number of nitrogens with zero attached hydrogens (tertiary/aromatic N) is 1. The van der Waals surface area contributed by atoms with Crippen LogP contribution >= 0.6 is 0 Å². The van der Waals surface area contributed by atoms with Crippen molar-refractivity contribution in [1.29, 1.82) is 0 Å². The smallest absolute Gasteiger partial charge is 0.323 e. The number of fused-ring (bicyclic) bond motifs is 1. The quantitative estimate of drug-likeness (QED) is 0.636. The Hall–Kier alpha value is -2.12. The normalized spacial score (nSPS) is 14.2. The van der Waals surface area contributed by atoms with Crippen LogP contribution in [0.15, 0.2) is 23.0 Å². The number of aliphatic hydroxyl groups excluding tert-OH is 1.